The SMILES string of the molecule is C#CCOc1cc(Br)c(/C=c2\sc3nc4ccccc4n3c2=O)cc1OCC. The molecule has 4 aromatic rings. The van der Waals surface area contributed by atoms with E-state index in [-0.39, 0.29) is 12.2 Å². The first-order valence-electron chi connectivity index (χ1n) is 8.56. The van der Waals surface area contributed by atoms with Crippen LogP contribution in [0.4, 0.5) is 0 Å². The molecule has 4 rings (SSSR count). The maximum Gasteiger partial charge on any atom is 0.274 e. The number of benzene rings is 2. The first-order valence-corrected chi connectivity index (χ1v) is 10.2. The van der Waals surface area contributed by atoms with Crippen molar-refractivity contribution in [1.82, 2.24) is 9.38 Å². The Labute approximate surface area is 173 Å². The minimum atomic E-state index is -0.0915. The highest BCUT2D eigenvalue weighted by Gasteiger charge is 2.13. The zero-order chi connectivity index (χ0) is 19.7. The number of rotatable bonds is 5. The van der Waals surface area contributed by atoms with Crippen LogP contribution in [0.2, 0.25) is 0 Å². The van der Waals surface area contributed by atoms with Gasteiger partial charge >= 0.3 is 0 Å². The lowest BCUT2D eigenvalue weighted by molar-refractivity contribution is 0.299. The number of hydrogen-bond donors (Lipinski definition) is 0. The van der Waals surface area contributed by atoms with Crippen molar-refractivity contribution in [1.29, 1.82) is 0 Å². The van der Waals surface area contributed by atoms with E-state index in [1.54, 1.807) is 10.5 Å². The molecule has 0 radical (unpaired) electrons. The predicted molar refractivity (Wildman–Crippen MR) is 115 cm³/mol. The van der Waals surface area contributed by atoms with Gasteiger partial charge in [-0.1, -0.05) is 45.3 Å². The Morgan fingerprint density at radius 1 is 1.29 bits per heavy atom. The predicted octanol–water partition coefficient (Wildman–Crippen LogP) is 3.63. The molecule has 0 N–H and O–H groups in total. The molecule has 0 saturated carbocycles. The summed E-state index contributed by atoms with van der Waals surface area (Å²) >= 11 is 4.90. The molecule has 0 unspecified atom stereocenters. The van der Waals surface area contributed by atoms with Crippen LogP contribution in [-0.4, -0.2) is 22.6 Å². The number of nitrogens with zero attached hydrogens (tertiary/aromatic N) is 2. The quantitative estimate of drug-likeness (QED) is 0.432. The van der Waals surface area contributed by atoms with Gasteiger partial charge in [-0.2, -0.15) is 0 Å². The topological polar surface area (TPSA) is 52.8 Å². The van der Waals surface area contributed by atoms with Gasteiger partial charge in [-0.05, 0) is 42.8 Å². The Kier molecular flexibility index (Phi) is 5.07. The average molecular weight is 455 g/mol. The molecule has 0 spiro atoms. The summed E-state index contributed by atoms with van der Waals surface area (Å²) in [5.74, 6) is 3.57. The fourth-order valence-electron chi connectivity index (χ4n) is 2.92. The fourth-order valence-corrected chi connectivity index (χ4v) is 4.33. The Bertz CT molecular complexity index is 1330. The molecule has 28 heavy (non-hydrogen) atoms. The van der Waals surface area contributed by atoms with Gasteiger partial charge in [-0.25, -0.2) is 9.38 Å². The Balaban J connectivity index is 1.86. The standard InChI is InChI=1S/C21H15BrN2O3S/c1-3-9-27-18-12-14(22)13(10-17(18)26-4-2)11-19-20(25)24-16-8-6-5-7-15(16)23-21(24)28-19/h1,5-8,10-12H,4,9H2,2H3/b19-11-. The van der Waals surface area contributed by atoms with E-state index in [1.807, 2.05) is 43.3 Å². The molecule has 0 aliphatic rings. The Morgan fingerprint density at radius 2 is 2.07 bits per heavy atom. The van der Waals surface area contributed by atoms with Crippen LogP contribution in [0.3, 0.4) is 0 Å². The largest absolute Gasteiger partial charge is 0.490 e. The van der Waals surface area contributed by atoms with Gasteiger partial charge in [-0.15, -0.1) is 6.42 Å². The summed E-state index contributed by atoms with van der Waals surface area (Å²) < 4.78 is 14.2. The van der Waals surface area contributed by atoms with Crippen molar-refractivity contribution in [3.05, 3.63) is 61.3 Å². The molecule has 0 bridgehead atoms. The number of aromatic nitrogens is 2. The van der Waals surface area contributed by atoms with Crippen LogP contribution in [0, 0.1) is 12.3 Å². The second-order valence-electron chi connectivity index (χ2n) is 5.88. The van der Waals surface area contributed by atoms with Crippen molar-refractivity contribution < 1.29 is 9.47 Å². The van der Waals surface area contributed by atoms with Gasteiger partial charge in [0.25, 0.3) is 5.56 Å². The summed E-state index contributed by atoms with van der Waals surface area (Å²) in [7, 11) is 0. The molecule has 0 fully saturated rings. The van der Waals surface area contributed by atoms with Gasteiger partial charge in [0.1, 0.15) is 6.61 Å². The summed E-state index contributed by atoms with van der Waals surface area (Å²) in [6.07, 6.45) is 7.11. The number of ether oxygens (including phenoxy) is 2. The van der Waals surface area contributed by atoms with E-state index in [0.717, 1.165) is 21.1 Å². The number of hydrogen-bond acceptors (Lipinski definition) is 5. The Hall–Kier alpha value is -2.82. The molecule has 140 valence electrons. The van der Waals surface area contributed by atoms with Crippen LogP contribution in [0.15, 0.2) is 45.7 Å². The maximum atomic E-state index is 12.9. The minimum Gasteiger partial charge on any atom is -0.490 e. The van der Waals surface area contributed by atoms with E-state index in [1.165, 1.54) is 11.3 Å². The third-order valence-corrected chi connectivity index (χ3v) is 5.76. The fraction of sp³-hybridized carbons (Fsp3) is 0.143. The Morgan fingerprint density at radius 3 is 2.86 bits per heavy atom. The lowest BCUT2D eigenvalue weighted by Gasteiger charge is -2.12. The van der Waals surface area contributed by atoms with Gasteiger partial charge in [0.15, 0.2) is 16.5 Å². The van der Waals surface area contributed by atoms with E-state index in [9.17, 15) is 4.79 Å². The summed E-state index contributed by atoms with van der Waals surface area (Å²) in [4.78, 5) is 18.2. The van der Waals surface area contributed by atoms with E-state index in [0.29, 0.717) is 27.6 Å². The summed E-state index contributed by atoms with van der Waals surface area (Å²) in [6.45, 7) is 2.53. The summed E-state index contributed by atoms with van der Waals surface area (Å²) in [5, 5.41) is 0. The molecule has 2 aromatic carbocycles. The molecule has 0 atom stereocenters. The van der Waals surface area contributed by atoms with Gasteiger partial charge in [-0.3, -0.25) is 4.79 Å². The van der Waals surface area contributed by atoms with Gasteiger partial charge in [0, 0.05) is 4.47 Å². The first-order chi connectivity index (χ1) is 13.6. The first kappa shape index (κ1) is 18.5. The molecule has 5 nitrogen and oxygen atoms in total. The van der Waals surface area contributed by atoms with Crippen molar-refractivity contribution >= 4 is 49.3 Å². The lowest BCUT2D eigenvalue weighted by Crippen LogP contribution is -2.22. The molecule has 0 aliphatic carbocycles. The van der Waals surface area contributed by atoms with Crippen LogP contribution < -0.4 is 19.6 Å². The molecular weight excluding hydrogens is 440 g/mol. The van der Waals surface area contributed by atoms with Crippen molar-refractivity contribution in [3.63, 3.8) is 0 Å². The molecule has 0 amide bonds. The van der Waals surface area contributed by atoms with E-state index >= 15 is 0 Å². The van der Waals surface area contributed by atoms with Crippen molar-refractivity contribution in [3.8, 4) is 23.8 Å². The molecule has 2 aromatic heterocycles. The second kappa shape index (κ2) is 7.66. The van der Waals surface area contributed by atoms with E-state index < -0.39 is 0 Å². The monoisotopic (exact) mass is 454 g/mol. The number of fused-ring (bicyclic) bond motifs is 3. The average Bonchev–Trinajstić information content (AvgIpc) is 3.19. The second-order valence-corrected chi connectivity index (χ2v) is 7.74. The zero-order valence-corrected chi connectivity index (χ0v) is 17.3. The molecule has 7 heteroatoms. The van der Waals surface area contributed by atoms with Crippen molar-refractivity contribution in [2.45, 2.75) is 6.92 Å². The zero-order valence-electron chi connectivity index (χ0n) is 14.9. The number of para-hydroxylation sites is 2. The van der Waals surface area contributed by atoms with Gasteiger partial charge in [0.05, 0.1) is 22.2 Å². The third kappa shape index (κ3) is 3.26. The highest BCUT2D eigenvalue weighted by atomic mass is 79.9. The molecule has 0 saturated heterocycles. The summed E-state index contributed by atoms with van der Waals surface area (Å²) in [6, 6.07) is 11.2. The smallest absolute Gasteiger partial charge is 0.274 e. The third-order valence-electron chi connectivity index (χ3n) is 4.11. The van der Waals surface area contributed by atoms with Gasteiger partial charge < -0.3 is 9.47 Å². The molecule has 0 aliphatic heterocycles. The number of halogens is 1. The van der Waals surface area contributed by atoms with Crippen LogP contribution in [-0.2, 0) is 0 Å². The molecule has 2 heterocycles. The van der Waals surface area contributed by atoms with Crippen LogP contribution in [0.5, 0.6) is 11.5 Å². The maximum absolute atomic E-state index is 12.9. The van der Waals surface area contributed by atoms with Crippen molar-refractivity contribution in [2.75, 3.05) is 13.2 Å². The van der Waals surface area contributed by atoms with E-state index in [4.69, 9.17) is 15.9 Å². The van der Waals surface area contributed by atoms with Gasteiger partial charge in [0.2, 0.25) is 0 Å². The lowest BCUT2D eigenvalue weighted by atomic mass is 10.2. The molecular formula is C21H15BrN2O3S. The number of terminal acetylenes is 1. The highest BCUT2D eigenvalue weighted by molar-refractivity contribution is 9.10. The normalized spacial score (nSPS) is 11.8. The minimum absolute atomic E-state index is 0.0915. The van der Waals surface area contributed by atoms with E-state index in [2.05, 4.69) is 26.8 Å². The van der Waals surface area contributed by atoms with Crippen LogP contribution >= 0.6 is 27.3 Å². The van der Waals surface area contributed by atoms with Crippen LogP contribution in [0.25, 0.3) is 22.1 Å². The van der Waals surface area contributed by atoms with Crippen molar-refractivity contribution in [2.24, 2.45) is 0 Å². The number of thiazole rings is 1. The highest BCUT2D eigenvalue weighted by Crippen LogP contribution is 2.34. The number of imidazole rings is 1. The summed E-state index contributed by atoms with van der Waals surface area (Å²) in [5.41, 5.74) is 2.34. The van der Waals surface area contributed by atoms with Crippen LogP contribution in [0.1, 0.15) is 12.5 Å².